The molecule has 0 radical (unpaired) electrons. The van der Waals surface area contributed by atoms with Crippen LogP contribution in [-0.2, 0) is 9.53 Å². The topological polar surface area (TPSA) is 86.5 Å². The summed E-state index contributed by atoms with van der Waals surface area (Å²) in [4.78, 5) is 16.9. The third-order valence-electron chi connectivity index (χ3n) is 4.08. The van der Waals surface area contributed by atoms with Gasteiger partial charge in [-0.05, 0) is 51.0 Å². The molecular formula is C18H24ClN3O3S. The third kappa shape index (κ3) is 4.94. The Morgan fingerprint density at radius 2 is 1.96 bits per heavy atom. The molecule has 0 saturated carbocycles. The van der Waals surface area contributed by atoms with E-state index in [-0.39, 0.29) is 24.4 Å². The summed E-state index contributed by atoms with van der Waals surface area (Å²) in [5, 5.41) is 5.32. The second-order valence-electron chi connectivity index (χ2n) is 6.45. The number of thiazole rings is 1. The highest BCUT2D eigenvalue weighted by molar-refractivity contribution is 7.14. The van der Waals surface area contributed by atoms with Gasteiger partial charge in [0.1, 0.15) is 11.3 Å². The highest BCUT2D eigenvalue weighted by Gasteiger charge is 2.36. The van der Waals surface area contributed by atoms with Gasteiger partial charge in [-0.15, -0.1) is 23.7 Å². The van der Waals surface area contributed by atoms with Gasteiger partial charge in [-0.25, -0.2) is 4.98 Å². The van der Waals surface area contributed by atoms with E-state index < -0.39 is 5.54 Å². The van der Waals surface area contributed by atoms with Gasteiger partial charge in [0.2, 0.25) is 5.91 Å². The SMILES string of the molecule is CC(C)Oc1ccc(-c2csc(NC(=O)C3(N)CCOCC3)n2)cc1.Cl. The largest absolute Gasteiger partial charge is 0.491 e. The number of nitrogens with two attached hydrogens (primary N) is 1. The second kappa shape index (κ2) is 8.81. The Hall–Kier alpha value is -1.67. The molecular weight excluding hydrogens is 374 g/mol. The van der Waals surface area contributed by atoms with Crippen LogP contribution in [0.2, 0.25) is 0 Å². The lowest BCUT2D eigenvalue weighted by Crippen LogP contribution is -2.54. The summed E-state index contributed by atoms with van der Waals surface area (Å²) in [6.07, 6.45) is 1.18. The Bertz CT molecular complexity index is 728. The van der Waals surface area contributed by atoms with Crippen molar-refractivity contribution in [2.75, 3.05) is 18.5 Å². The predicted octanol–water partition coefficient (Wildman–Crippen LogP) is 3.47. The third-order valence-corrected chi connectivity index (χ3v) is 4.84. The molecule has 142 valence electrons. The first-order valence-electron chi connectivity index (χ1n) is 8.37. The zero-order valence-corrected chi connectivity index (χ0v) is 16.5. The molecule has 0 atom stereocenters. The summed E-state index contributed by atoms with van der Waals surface area (Å²) >= 11 is 1.39. The van der Waals surface area contributed by atoms with Crippen LogP contribution in [0.5, 0.6) is 5.75 Å². The van der Waals surface area contributed by atoms with Crippen LogP contribution in [0.15, 0.2) is 29.6 Å². The van der Waals surface area contributed by atoms with Crippen molar-refractivity contribution in [3.05, 3.63) is 29.6 Å². The van der Waals surface area contributed by atoms with E-state index in [0.29, 0.717) is 31.2 Å². The Balaban J connectivity index is 0.00000243. The van der Waals surface area contributed by atoms with E-state index in [0.717, 1.165) is 17.0 Å². The van der Waals surface area contributed by atoms with Gasteiger partial charge in [-0.3, -0.25) is 4.79 Å². The summed E-state index contributed by atoms with van der Waals surface area (Å²) < 4.78 is 10.9. The molecule has 1 aliphatic heterocycles. The van der Waals surface area contributed by atoms with Crippen molar-refractivity contribution in [2.24, 2.45) is 5.73 Å². The lowest BCUT2D eigenvalue weighted by atomic mass is 9.90. The van der Waals surface area contributed by atoms with Crippen LogP contribution in [0.4, 0.5) is 5.13 Å². The van der Waals surface area contributed by atoms with Gasteiger partial charge in [0.25, 0.3) is 0 Å². The molecule has 1 amide bonds. The zero-order chi connectivity index (χ0) is 17.9. The van der Waals surface area contributed by atoms with E-state index >= 15 is 0 Å². The van der Waals surface area contributed by atoms with Gasteiger partial charge in [0.05, 0.1) is 11.8 Å². The molecule has 0 aliphatic carbocycles. The molecule has 0 bridgehead atoms. The van der Waals surface area contributed by atoms with E-state index in [1.54, 1.807) is 0 Å². The summed E-state index contributed by atoms with van der Waals surface area (Å²) in [6, 6.07) is 7.76. The first-order chi connectivity index (χ1) is 12.0. The number of carbonyl (C=O) groups is 1. The molecule has 1 aliphatic rings. The number of carbonyl (C=O) groups excluding carboxylic acids is 1. The zero-order valence-electron chi connectivity index (χ0n) is 14.9. The minimum atomic E-state index is -0.875. The van der Waals surface area contributed by atoms with Crippen LogP contribution in [-0.4, -0.2) is 35.7 Å². The monoisotopic (exact) mass is 397 g/mol. The fraction of sp³-hybridized carbons (Fsp3) is 0.444. The van der Waals surface area contributed by atoms with Gasteiger partial charge in [0, 0.05) is 24.2 Å². The Morgan fingerprint density at radius 1 is 1.31 bits per heavy atom. The average Bonchev–Trinajstić information content (AvgIpc) is 3.04. The molecule has 1 aromatic carbocycles. The van der Waals surface area contributed by atoms with Crippen molar-refractivity contribution >= 4 is 34.8 Å². The first-order valence-corrected chi connectivity index (χ1v) is 9.25. The summed E-state index contributed by atoms with van der Waals surface area (Å²) in [5.41, 5.74) is 7.11. The molecule has 2 heterocycles. The fourth-order valence-corrected chi connectivity index (χ4v) is 3.34. The number of halogens is 1. The maximum Gasteiger partial charge on any atom is 0.246 e. The van der Waals surface area contributed by atoms with Crippen LogP contribution in [0.1, 0.15) is 26.7 Å². The highest BCUT2D eigenvalue weighted by Crippen LogP contribution is 2.28. The average molecular weight is 398 g/mol. The predicted molar refractivity (Wildman–Crippen MR) is 106 cm³/mol. The number of amides is 1. The minimum absolute atomic E-state index is 0. The molecule has 8 heteroatoms. The van der Waals surface area contributed by atoms with Crippen LogP contribution >= 0.6 is 23.7 Å². The molecule has 3 N–H and O–H groups in total. The van der Waals surface area contributed by atoms with Gasteiger partial charge in [0.15, 0.2) is 5.13 Å². The second-order valence-corrected chi connectivity index (χ2v) is 7.31. The number of hydrogen-bond acceptors (Lipinski definition) is 6. The van der Waals surface area contributed by atoms with Gasteiger partial charge < -0.3 is 20.5 Å². The van der Waals surface area contributed by atoms with Crippen LogP contribution in [0.25, 0.3) is 11.3 Å². The molecule has 2 aromatic rings. The Labute approximate surface area is 163 Å². The quantitative estimate of drug-likeness (QED) is 0.806. The first kappa shape index (κ1) is 20.6. The van der Waals surface area contributed by atoms with Gasteiger partial charge >= 0.3 is 0 Å². The van der Waals surface area contributed by atoms with E-state index in [9.17, 15) is 4.79 Å². The Morgan fingerprint density at radius 3 is 2.58 bits per heavy atom. The number of aromatic nitrogens is 1. The number of hydrogen-bond donors (Lipinski definition) is 2. The van der Waals surface area contributed by atoms with Crippen LogP contribution in [0, 0.1) is 0 Å². The number of benzene rings is 1. The number of ether oxygens (including phenoxy) is 2. The molecule has 3 rings (SSSR count). The molecule has 0 spiro atoms. The Kier molecular flexibility index (Phi) is 7.00. The highest BCUT2D eigenvalue weighted by atomic mass is 35.5. The van der Waals surface area contributed by atoms with Crippen molar-refractivity contribution in [3.8, 4) is 17.0 Å². The van der Waals surface area contributed by atoms with Crippen molar-refractivity contribution in [3.63, 3.8) is 0 Å². The van der Waals surface area contributed by atoms with Crippen molar-refractivity contribution in [1.29, 1.82) is 0 Å². The summed E-state index contributed by atoms with van der Waals surface area (Å²) in [7, 11) is 0. The van der Waals surface area contributed by atoms with Crippen molar-refractivity contribution < 1.29 is 14.3 Å². The fourth-order valence-electron chi connectivity index (χ4n) is 2.62. The van der Waals surface area contributed by atoms with Crippen LogP contribution < -0.4 is 15.8 Å². The molecule has 0 unspecified atom stereocenters. The van der Waals surface area contributed by atoms with Gasteiger partial charge in [-0.1, -0.05) is 0 Å². The smallest absolute Gasteiger partial charge is 0.246 e. The van der Waals surface area contributed by atoms with Crippen molar-refractivity contribution in [1.82, 2.24) is 4.98 Å². The molecule has 1 aromatic heterocycles. The normalized spacial score (nSPS) is 16.0. The number of nitrogens with one attached hydrogen (secondary N) is 1. The van der Waals surface area contributed by atoms with Gasteiger partial charge in [-0.2, -0.15) is 0 Å². The van der Waals surface area contributed by atoms with E-state index in [4.69, 9.17) is 15.2 Å². The molecule has 6 nitrogen and oxygen atoms in total. The molecule has 1 fully saturated rings. The number of rotatable bonds is 5. The number of anilines is 1. The molecule has 26 heavy (non-hydrogen) atoms. The maximum atomic E-state index is 12.4. The van der Waals surface area contributed by atoms with E-state index in [1.807, 2.05) is 43.5 Å². The lowest BCUT2D eigenvalue weighted by molar-refractivity contribution is -0.124. The summed E-state index contributed by atoms with van der Waals surface area (Å²) in [6.45, 7) is 5.01. The molecule has 1 saturated heterocycles. The lowest BCUT2D eigenvalue weighted by Gasteiger charge is -2.31. The summed E-state index contributed by atoms with van der Waals surface area (Å²) in [5.74, 6) is 0.629. The van der Waals surface area contributed by atoms with E-state index in [2.05, 4.69) is 10.3 Å². The van der Waals surface area contributed by atoms with Crippen molar-refractivity contribution in [2.45, 2.75) is 38.3 Å². The van der Waals surface area contributed by atoms with E-state index in [1.165, 1.54) is 11.3 Å². The maximum absolute atomic E-state index is 12.4. The standard InChI is InChI=1S/C18H23N3O3S.ClH/c1-12(2)24-14-5-3-13(4-6-14)15-11-25-17(20-15)21-16(22)18(19)7-9-23-10-8-18;/h3-6,11-12H,7-10,19H2,1-2H3,(H,20,21,22);1H. The van der Waals surface area contributed by atoms with Crippen LogP contribution in [0.3, 0.4) is 0 Å². The number of nitrogens with zero attached hydrogens (tertiary/aromatic N) is 1. The minimum Gasteiger partial charge on any atom is -0.491 e.